The number of rotatable bonds is 11. The van der Waals surface area contributed by atoms with Crippen LogP contribution in [0.4, 0.5) is 0 Å². The van der Waals surface area contributed by atoms with Crippen LogP contribution < -0.4 is 0 Å². The maximum atomic E-state index is 13.2. The van der Waals surface area contributed by atoms with Crippen molar-refractivity contribution in [2.24, 2.45) is 22.7 Å². The van der Waals surface area contributed by atoms with Crippen LogP contribution in [-0.2, 0) is 33.4 Å². The van der Waals surface area contributed by atoms with Crippen molar-refractivity contribution >= 4 is 24.2 Å². The SMILES string of the molecule is CCCCCCCCC(OC(C)=O)C(=O)O[C@H]1CC(C)(C)[C@@H]2CC=C(C=O)[C@@H]3[C@@H](O)OC(=O)C32[C@H]1O. The van der Waals surface area contributed by atoms with Gasteiger partial charge in [-0.3, -0.25) is 14.4 Å². The highest BCUT2D eigenvalue weighted by Gasteiger charge is 2.73. The molecule has 0 amide bonds. The Kier molecular flexibility index (Phi) is 8.98. The summed E-state index contributed by atoms with van der Waals surface area (Å²) in [5.74, 6) is -3.70. The normalized spacial score (nSPS) is 33.4. The molecule has 0 aromatic heterocycles. The van der Waals surface area contributed by atoms with Gasteiger partial charge in [0.15, 0.2) is 6.10 Å². The van der Waals surface area contributed by atoms with Gasteiger partial charge in [-0.2, -0.15) is 0 Å². The number of cyclic esters (lactones) is 1. The first kappa shape index (κ1) is 28.3. The molecule has 0 aromatic carbocycles. The van der Waals surface area contributed by atoms with Crippen LogP contribution in [0.3, 0.4) is 0 Å². The van der Waals surface area contributed by atoms with Gasteiger partial charge in [-0.25, -0.2) is 4.79 Å². The predicted molar refractivity (Wildman–Crippen MR) is 128 cm³/mol. The van der Waals surface area contributed by atoms with Crippen molar-refractivity contribution in [3.05, 3.63) is 11.6 Å². The lowest BCUT2D eigenvalue weighted by Gasteiger charge is -2.56. The molecule has 0 bridgehead atoms. The molecule has 1 heterocycles. The number of unbranched alkanes of at least 4 members (excludes halogenated alkanes) is 5. The van der Waals surface area contributed by atoms with Crippen molar-refractivity contribution in [2.75, 3.05) is 0 Å². The summed E-state index contributed by atoms with van der Waals surface area (Å²) >= 11 is 0. The van der Waals surface area contributed by atoms with Crippen LogP contribution in [0.2, 0.25) is 0 Å². The summed E-state index contributed by atoms with van der Waals surface area (Å²) < 4.78 is 16.1. The van der Waals surface area contributed by atoms with Crippen LogP contribution in [0.15, 0.2) is 11.6 Å². The van der Waals surface area contributed by atoms with Crippen molar-refractivity contribution in [1.29, 1.82) is 0 Å². The number of esters is 3. The Morgan fingerprint density at radius 1 is 1.19 bits per heavy atom. The Morgan fingerprint density at radius 3 is 2.50 bits per heavy atom. The Labute approximate surface area is 212 Å². The second-order valence-corrected chi connectivity index (χ2v) is 11.1. The maximum absolute atomic E-state index is 13.2. The monoisotopic (exact) mass is 508 g/mol. The predicted octanol–water partition coefficient (Wildman–Crippen LogP) is 2.99. The van der Waals surface area contributed by atoms with E-state index in [-0.39, 0.29) is 12.0 Å². The largest absolute Gasteiger partial charge is 0.457 e. The van der Waals surface area contributed by atoms with Gasteiger partial charge < -0.3 is 24.4 Å². The molecule has 9 nitrogen and oxygen atoms in total. The third-order valence-electron chi connectivity index (χ3n) is 8.21. The molecule has 7 atom stereocenters. The molecule has 2 N–H and O–H groups in total. The van der Waals surface area contributed by atoms with Crippen molar-refractivity contribution in [3.63, 3.8) is 0 Å². The highest BCUT2D eigenvalue weighted by molar-refractivity contribution is 5.87. The number of carbonyl (C=O) groups is 4. The van der Waals surface area contributed by atoms with Gasteiger partial charge in [-0.15, -0.1) is 0 Å². The molecule has 1 saturated carbocycles. The van der Waals surface area contributed by atoms with Crippen LogP contribution in [0.5, 0.6) is 0 Å². The smallest absolute Gasteiger partial charge is 0.347 e. The topological polar surface area (TPSA) is 136 Å². The Morgan fingerprint density at radius 2 is 1.86 bits per heavy atom. The summed E-state index contributed by atoms with van der Waals surface area (Å²) in [4.78, 5) is 49.8. The van der Waals surface area contributed by atoms with Crippen LogP contribution >= 0.6 is 0 Å². The van der Waals surface area contributed by atoms with Crippen molar-refractivity contribution in [2.45, 2.75) is 110 Å². The van der Waals surface area contributed by atoms with E-state index in [9.17, 15) is 29.4 Å². The lowest BCUT2D eigenvalue weighted by Crippen LogP contribution is -2.65. The van der Waals surface area contributed by atoms with Crippen molar-refractivity contribution in [3.8, 4) is 0 Å². The third-order valence-corrected chi connectivity index (χ3v) is 8.21. The zero-order valence-electron chi connectivity index (χ0n) is 21.7. The van der Waals surface area contributed by atoms with Crippen molar-refractivity contribution < 1.29 is 43.6 Å². The standard InChI is InChI=1S/C27H40O9/c1-5-6-7-8-9-10-11-18(34-16(2)29)23(31)35-19-14-26(3,4)20-13-12-17(15-28)21-24(32)36-25(33)27(20,21)22(19)30/h12,15,18-22,24,30,32H,5-11,13-14H2,1-4H3/t18?,19-,20-,21+,22-,24-,27?/m0/s1. The molecule has 2 aliphatic carbocycles. The fraction of sp³-hybridized carbons (Fsp3) is 0.778. The Balaban J connectivity index is 1.81. The number of aliphatic hydroxyl groups is 2. The van der Waals surface area contributed by atoms with Gasteiger partial charge in [0.1, 0.15) is 23.9 Å². The van der Waals surface area contributed by atoms with E-state index in [1.54, 1.807) is 6.08 Å². The molecular formula is C27H40O9. The highest BCUT2D eigenvalue weighted by atomic mass is 16.6. The van der Waals surface area contributed by atoms with Crippen LogP contribution in [-0.4, -0.2) is 59.0 Å². The molecular weight excluding hydrogens is 468 g/mol. The fourth-order valence-corrected chi connectivity index (χ4v) is 6.56. The summed E-state index contributed by atoms with van der Waals surface area (Å²) in [7, 11) is 0. The summed E-state index contributed by atoms with van der Waals surface area (Å²) in [5.41, 5.74) is -2.05. The number of carbonyl (C=O) groups excluding carboxylic acids is 4. The molecule has 1 spiro atoms. The molecule has 0 radical (unpaired) electrons. The summed E-state index contributed by atoms with van der Waals surface area (Å²) in [6.45, 7) is 7.16. The van der Waals surface area contributed by atoms with E-state index in [0.29, 0.717) is 25.5 Å². The zero-order valence-corrected chi connectivity index (χ0v) is 21.7. The van der Waals surface area contributed by atoms with Crippen LogP contribution in [0, 0.1) is 22.7 Å². The molecule has 1 saturated heterocycles. The first-order chi connectivity index (χ1) is 17.0. The molecule has 3 rings (SSSR count). The van der Waals surface area contributed by atoms with Gasteiger partial charge in [-0.1, -0.05) is 59.0 Å². The number of ether oxygens (including phenoxy) is 3. The average Bonchev–Trinajstić information content (AvgIpc) is 3.08. The van der Waals surface area contributed by atoms with E-state index in [1.807, 2.05) is 13.8 Å². The fourth-order valence-electron chi connectivity index (χ4n) is 6.56. The second-order valence-electron chi connectivity index (χ2n) is 11.1. The molecule has 2 fully saturated rings. The second kappa shape index (κ2) is 11.4. The quantitative estimate of drug-likeness (QED) is 0.187. The van der Waals surface area contributed by atoms with Crippen LogP contribution in [0.1, 0.15) is 85.5 Å². The number of hydrogen-bond donors (Lipinski definition) is 2. The lowest BCUT2D eigenvalue weighted by atomic mass is 9.46. The molecule has 1 aliphatic heterocycles. The molecule has 36 heavy (non-hydrogen) atoms. The number of aldehydes is 1. The van der Waals surface area contributed by atoms with Gasteiger partial charge in [-0.05, 0) is 42.6 Å². The van der Waals surface area contributed by atoms with E-state index in [4.69, 9.17) is 14.2 Å². The summed E-state index contributed by atoms with van der Waals surface area (Å²) in [5, 5.41) is 22.1. The Hall–Kier alpha value is -2.26. The van der Waals surface area contributed by atoms with Crippen LogP contribution in [0.25, 0.3) is 0 Å². The van der Waals surface area contributed by atoms with Gasteiger partial charge in [0.25, 0.3) is 0 Å². The highest BCUT2D eigenvalue weighted by Crippen LogP contribution is 2.63. The molecule has 202 valence electrons. The summed E-state index contributed by atoms with van der Waals surface area (Å²) in [6.07, 6.45) is 3.77. The van der Waals surface area contributed by atoms with Gasteiger partial charge in [0.05, 0.1) is 5.92 Å². The van der Waals surface area contributed by atoms with Gasteiger partial charge in [0.2, 0.25) is 6.29 Å². The minimum Gasteiger partial charge on any atom is -0.457 e. The number of aliphatic hydroxyl groups excluding tert-OH is 2. The minimum atomic E-state index is -1.63. The van der Waals surface area contributed by atoms with Crippen molar-refractivity contribution in [1.82, 2.24) is 0 Å². The first-order valence-corrected chi connectivity index (χ1v) is 13.1. The average molecular weight is 509 g/mol. The number of hydrogen-bond acceptors (Lipinski definition) is 9. The first-order valence-electron chi connectivity index (χ1n) is 13.1. The Bertz CT molecular complexity index is 878. The van der Waals surface area contributed by atoms with E-state index in [0.717, 1.165) is 32.1 Å². The molecule has 9 heteroatoms. The van der Waals surface area contributed by atoms with E-state index >= 15 is 0 Å². The maximum Gasteiger partial charge on any atom is 0.347 e. The minimum absolute atomic E-state index is 0.187. The van der Waals surface area contributed by atoms with E-state index in [2.05, 4.69) is 6.92 Å². The molecule has 0 aromatic rings. The zero-order chi connectivity index (χ0) is 26.7. The number of allylic oxidation sites excluding steroid dienone is 1. The lowest BCUT2D eigenvalue weighted by molar-refractivity contribution is -0.212. The molecule has 3 aliphatic rings. The van der Waals surface area contributed by atoms with E-state index < -0.39 is 65.2 Å². The van der Waals surface area contributed by atoms with Gasteiger partial charge >= 0.3 is 17.9 Å². The molecule has 2 unspecified atom stereocenters. The summed E-state index contributed by atoms with van der Waals surface area (Å²) in [6, 6.07) is 0. The third kappa shape index (κ3) is 5.23. The van der Waals surface area contributed by atoms with Gasteiger partial charge in [0, 0.05) is 6.92 Å². The van der Waals surface area contributed by atoms with E-state index in [1.165, 1.54) is 6.92 Å².